The van der Waals surface area contributed by atoms with Gasteiger partial charge in [0.15, 0.2) is 11.5 Å². The number of halogens is 1. The highest BCUT2D eigenvalue weighted by molar-refractivity contribution is 7.21. The number of rotatable bonds is 4. The van der Waals surface area contributed by atoms with Gasteiger partial charge in [-0.2, -0.15) is 0 Å². The van der Waals surface area contributed by atoms with E-state index in [1.54, 1.807) is 18.4 Å². The van der Waals surface area contributed by atoms with Gasteiger partial charge in [0.05, 0.1) is 29.0 Å². The number of ether oxygens (including phenoxy) is 2. The first-order chi connectivity index (χ1) is 10.2. The lowest BCUT2D eigenvalue weighted by Gasteiger charge is -2.12. The molecule has 1 heterocycles. The van der Waals surface area contributed by atoms with Gasteiger partial charge >= 0.3 is 0 Å². The molecule has 21 heavy (non-hydrogen) atoms. The quantitative estimate of drug-likeness (QED) is 0.676. The van der Waals surface area contributed by atoms with E-state index in [-0.39, 0.29) is 0 Å². The summed E-state index contributed by atoms with van der Waals surface area (Å²) >= 11 is 7.92. The molecule has 0 radical (unpaired) electrons. The summed E-state index contributed by atoms with van der Waals surface area (Å²) in [6, 6.07) is 11.8. The average molecular weight is 320 g/mol. The molecule has 0 bridgehead atoms. The molecule has 0 unspecified atom stereocenters. The van der Waals surface area contributed by atoms with Crippen LogP contribution in [-0.4, -0.2) is 18.7 Å². The zero-order chi connectivity index (χ0) is 14.8. The van der Waals surface area contributed by atoms with E-state index in [0.717, 1.165) is 20.8 Å². The summed E-state index contributed by atoms with van der Waals surface area (Å²) in [6.45, 7) is 2.48. The van der Waals surface area contributed by atoms with Crippen molar-refractivity contribution in [2.24, 2.45) is 0 Å². The Balaban J connectivity index is 2.13. The van der Waals surface area contributed by atoms with Gasteiger partial charge in [-0.1, -0.05) is 23.7 Å². The molecule has 2 aromatic carbocycles. The van der Waals surface area contributed by atoms with Gasteiger partial charge in [-0.25, -0.2) is 4.98 Å². The van der Waals surface area contributed by atoms with Crippen LogP contribution in [0.3, 0.4) is 0 Å². The van der Waals surface area contributed by atoms with E-state index >= 15 is 0 Å². The van der Waals surface area contributed by atoms with Crippen molar-refractivity contribution in [2.45, 2.75) is 6.92 Å². The highest BCUT2D eigenvalue weighted by atomic mass is 35.5. The number of methoxy groups -OCH3 is 1. The Morgan fingerprint density at radius 3 is 2.76 bits per heavy atom. The lowest BCUT2D eigenvalue weighted by molar-refractivity contribution is 0.311. The van der Waals surface area contributed by atoms with Gasteiger partial charge in [0.1, 0.15) is 5.01 Å². The van der Waals surface area contributed by atoms with Crippen LogP contribution >= 0.6 is 22.9 Å². The van der Waals surface area contributed by atoms with Gasteiger partial charge in [0.2, 0.25) is 0 Å². The first-order valence-corrected chi connectivity index (χ1v) is 7.78. The summed E-state index contributed by atoms with van der Waals surface area (Å²) in [5.74, 6) is 1.20. The van der Waals surface area contributed by atoms with E-state index in [9.17, 15) is 0 Å². The van der Waals surface area contributed by atoms with Crippen molar-refractivity contribution in [1.82, 2.24) is 4.98 Å². The van der Waals surface area contributed by atoms with Crippen molar-refractivity contribution >= 4 is 33.2 Å². The van der Waals surface area contributed by atoms with E-state index in [0.29, 0.717) is 23.1 Å². The van der Waals surface area contributed by atoms with Crippen molar-refractivity contribution in [3.8, 4) is 22.1 Å². The Hall–Kier alpha value is -1.78. The van der Waals surface area contributed by atoms with Crippen LogP contribution in [0.1, 0.15) is 6.92 Å². The molecule has 5 heteroatoms. The Labute approximate surface area is 132 Å². The van der Waals surface area contributed by atoms with E-state index < -0.39 is 0 Å². The van der Waals surface area contributed by atoms with Gasteiger partial charge in [-0.15, -0.1) is 11.3 Å². The monoisotopic (exact) mass is 319 g/mol. The maximum atomic E-state index is 6.29. The second-order valence-corrected chi connectivity index (χ2v) is 5.85. The van der Waals surface area contributed by atoms with Gasteiger partial charge < -0.3 is 9.47 Å². The first kappa shape index (κ1) is 14.2. The van der Waals surface area contributed by atoms with Crippen LogP contribution in [0.25, 0.3) is 20.8 Å². The Bertz CT molecular complexity index is 752. The molecule has 0 fully saturated rings. The van der Waals surface area contributed by atoms with Crippen LogP contribution in [0.2, 0.25) is 5.02 Å². The molecule has 0 saturated heterocycles. The van der Waals surface area contributed by atoms with E-state index in [4.69, 9.17) is 21.1 Å². The fourth-order valence-electron chi connectivity index (χ4n) is 2.15. The van der Waals surface area contributed by atoms with Crippen molar-refractivity contribution in [2.75, 3.05) is 13.7 Å². The summed E-state index contributed by atoms with van der Waals surface area (Å²) in [5.41, 5.74) is 1.92. The second kappa shape index (κ2) is 5.92. The molecule has 0 aliphatic heterocycles. The minimum atomic E-state index is 0.526. The normalized spacial score (nSPS) is 10.8. The number of fused-ring (bicyclic) bond motifs is 1. The number of nitrogens with zero attached hydrogens (tertiary/aromatic N) is 1. The third-order valence-electron chi connectivity index (χ3n) is 3.05. The van der Waals surface area contributed by atoms with E-state index in [2.05, 4.69) is 11.1 Å². The maximum Gasteiger partial charge on any atom is 0.179 e. The highest BCUT2D eigenvalue weighted by Gasteiger charge is 2.14. The average Bonchev–Trinajstić information content (AvgIpc) is 2.91. The predicted molar refractivity (Wildman–Crippen MR) is 87.8 cm³/mol. The molecule has 3 rings (SSSR count). The largest absolute Gasteiger partial charge is 0.491 e. The zero-order valence-corrected chi connectivity index (χ0v) is 13.3. The molecule has 0 spiro atoms. The van der Waals surface area contributed by atoms with Crippen LogP contribution in [0, 0.1) is 0 Å². The van der Waals surface area contributed by atoms with Crippen LogP contribution in [0.4, 0.5) is 0 Å². The predicted octanol–water partition coefficient (Wildman–Crippen LogP) is 5.02. The zero-order valence-electron chi connectivity index (χ0n) is 11.7. The number of hydrogen-bond acceptors (Lipinski definition) is 4. The molecule has 108 valence electrons. The summed E-state index contributed by atoms with van der Waals surface area (Å²) in [6.07, 6.45) is 0. The molecule has 3 nitrogen and oxygen atoms in total. The van der Waals surface area contributed by atoms with Crippen molar-refractivity contribution in [1.29, 1.82) is 0 Å². The fraction of sp³-hybridized carbons (Fsp3) is 0.188. The van der Waals surface area contributed by atoms with Crippen LogP contribution in [0.15, 0.2) is 36.4 Å². The van der Waals surface area contributed by atoms with E-state index in [1.165, 1.54) is 0 Å². The molecular formula is C16H14ClNO2S. The Morgan fingerprint density at radius 2 is 2.05 bits per heavy atom. The molecule has 0 saturated carbocycles. The second-order valence-electron chi connectivity index (χ2n) is 4.41. The molecule has 1 aromatic heterocycles. The minimum absolute atomic E-state index is 0.526. The van der Waals surface area contributed by atoms with Crippen molar-refractivity contribution < 1.29 is 9.47 Å². The lowest BCUT2D eigenvalue weighted by atomic mass is 10.2. The molecule has 0 aliphatic carbocycles. The SMILES string of the molecule is CCOc1cc(-c2nc3ccccc3s2)cc(Cl)c1OC. The molecule has 0 aliphatic rings. The number of para-hydroxylation sites is 1. The Morgan fingerprint density at radius 1 is 1.24 bits per heavy atom. The van der Waals surface area contributed by atoms with Crippen molar-refractivity contribution in [3.05, 3.63) is 41.4 Å². The van der Waals surface area contributed by atoms with Gasteiger partial charge in [0.25, 0.3) is 0 Å². The van der Waals surface area contributed by atoms with Gasteiger partial charge in [-0.05, 0) is 31.2 Å². The first-order valence-electron chi connectivity index (χ1n) is 6.59. The third-order valence-corrected chi connectivity index (χ3v) is 4.42. The molecule has 0 N–H and O–H groups in total. The van der Waals surface area contributed by atoms with Gasteiger partial charge in [0, 0.05) is 5.56 Å². The van der Waals surface area contributed by atoms with Crippen molar-refractivity contribution in [3.63, 3.8) is 0 Å². The molecular weight excluding hydrogens is 306 g/mol. The Kier molecular flexibility index (Phi) is 3.99. The van der Waals surface area contributed by atoms with Crippen LogP contribution in [-0.2, 0) is 0 Å². The molecule has 0 amide bonds. The van der Waals surface area contributed by atoms with E-state index in [1.807, 2.05) is 37.3 Å². The fourth-order valence-corrected chi connectivity index (χ4v) is 3.39. The number of hydrogen-bond donors (Lipinski definition) is 0. The molecule has 3 aromatic rings. The number of aromatic nitrogens is 1. The number of thiazole rings is 1. The summed E-state index contributed by atoms with van der Waals surface area (Å²) in [4.78, 5) is 4.64. The molecule has 0 atom stereocenters. The summed E-state index contributed by atoms with van der Waals surface area (Å²) in [5, 5.41) is 1.44. The van der Waals surface area contributed by atoms with Crippen LogP contribution < -0.4 is 9.47 Å². The smallest absolute Gasteiger partial charge is 0.179 e. The summed E-state index contributed by atoms with van der Waals surface area (Å²) < 4.78 is 12.1. The highest BCUT2D eigenvalue weighted by Crippen LogP contribution is 2.41. The third kappa shape index (κ3) is 2.69. The topological polar surface area (TPSA) is 31.4 Å². The lowest BCUT2D eigenvalue weighted by Crippen LogP contribution is -1.96. The maximum absolute atomic E-state index is 6.29. The standard InChI is InChI=1S/C16H14ClNO2S/c1-3-20-13-9-10(8-11(17)15(13)19-2)16-18-12-6-4-5-7-14(12)21-16/h4-9H,3H2,1-2H3. The summed E-state index contributed by atoms with van der Waals surface area (Å²) in [7, 11) is 1.58. The van der Waals surface area contributed by atoms with Crippen LogP contribution in [0.5, 0.6) is 11.5 Å². The minimum Gasteiger partial charge on any atom is -0.491 e. The van der Waals surface area contributed by atoms with Gasteiger partial charge in [-0.3, -0.25) is 0 Å². The number of benzene rings is 2.